The lowest BCUT2D eigenvalue weighted by Crippen LogP contribution is -2.34. The van der Waals surface area contributed by atoms with Crippen LogP contribution in [0.4, 0.5) is 0 Å². The zero-order chi connectivity index (χ0) is 12.1. The van der Waals surface area contributed by atoms with Gasteiger partial charge < -0.3 is 10.4 Å². The Morgan fingerprint density at radius 2 is 1.94 bits per heavy atom. The lowest BCUT2D eigenvalue weighted by atomic mass is 10.1. The molecular weight excluding hydrogens is 270 g/mol. The summed E-state index contributed by atoms with van der Waals surface area (Å²) in [7, 11) is 0. The van der Waals surface area contributed by atoms with Gasteiger partial charge in [0.1, 0.15) is 0 Å². The molecule has 0 saturated heterocycles. The van der Waals surface area contributed by atoms with Crippen LogP contribution in [0.2, 0.25) is 0 Å². The summed E-state index contributed by atoms with van der Waals surface area (Å²) < 4.78 is 0.936. The summed E-state index contributed by atoms with van der Waals surface area (Å²) in [5.41, 5.74) is 0.596. The number of nitrogens with one attached hydrogen (secondary N) is 1. The van der Waals surface area contributed by atoms with Crippen molar-refractivity contribution in [2.75, 3.05) is 6.54 Å². The predicted octanol–water partition coefficient (Wildman–Crippen LogP) is 2.20. The van der Waals surface area contributed by atoms with Crippen LogP contribution in [0.5, 0.6) is 0 Å². The van der Waals surface area contributed by atoms with Gasteiger partial charge in [0.05, 0.1) is 6.10 Å². The highest BCUT2D eigenvalue weighted by Crippen LogP contribution is 2.10. The zero-order valence-electron chi connectivity index (χ0n) is 9.40. The molecule has 3 nitrogen and oxygen atoms in total. The quantitative estimate of drug-likeness (QED) is 0.891. The molecule has 2 N–H and O–H groups in total. The van der Waals surface area contributed by atoms with E-state index in [1.807, 2.05) is 26.0 Å². The van der Waals surface area contributed by atoms with Crippen molar-refractivity contribution in [2.24, 2.45) is 5.92 Å². The Balaban J connectivity index is 2.50. The van der Waals surface area contributed by atoms with Crippen molar-refractivity contribution in [3.8, 4) is 0 Å². The first kappa shape index (κ1) is 13.2. The van der Waals surface area contributed by atoms with E-state index in [2.05, 4.69) is 21.2 Å². The Morgan fingerprint density at radius 1 is 1.38 bits per heavy atom. The molecule has 1 amide bonds. The Bertz CT molecular complexity index is 349. The van der Waals surface area contributed by atoms with Gasteiger partial charge in [-0.1, -0.05) is 29.8 Å². The largest absolute Gasteiger partial charge is 0.391 e. The van der Waals surface area contributed by atoms with Crippen molar-refractivity contribution in [1.29, 1.82) is 0 Å². The van der Waals surface area contributed by atoms with E-state index in [0.29, 0.717) is 5.56 Å². The molecule has 0 bridgehead atoms. The molecule has 0 aliphatic heterocycles. The van der Waals surface area contributed by atoms with Crippen LogP contribution in [0.25, 0.3) is 0 Å². The Morgan fingerprint density at radius 3 is 2.44 bits per heavy atom. The number of carbonyl (C=O) groups excluding carboxylic acids is 1. The fourth-order valence-corrected chi connectivity index (χ4v) is 1.40. The maximum atomic E-state index is 11.6. The molecule has 0 spiro atoms. The van der Waals surface area contributed by atoms with Gasteiger partial charge in [-0.3, -0.25) is 4.79 Å². The van der Waals surface area contributed by atoms with E-state index in [1.54, 1.807) is 12.1 Å². The SMILES string of the molecule is CC(C)C(O)CNC(=O)c1ccc(Br)cc1. The Labute approximate surface area is 104 Å². The number of amides is 1. The minimum atomic E-state index is -0.501. The monoisotopic (exact) mass is 285 g/mol. The average Bonchev–Trinajstić information content (AvgIpc) is 2.26. The maximum Gasteiger partial charge on any atom is 0.251 e. The first-order valence-electron chi connectivity index (χ1n) is 5.22. The summed E-state index contributed by atoms with van der Waals surface area (Å²) in [4.78, 5) is 11.6. The van der Waals surface area contributed by atoms with Crippen molar-refractivity contribution in [3.63, 3.8) is 0 Å². The van der Waals surface area contributed by atoms with Gasteiger partial charge in [0.25, 0.3) is 5.91 Å². The molecule has 0 aromatic heterocycles. The fraction of sp³-hybridized carbons (Fsp3) is 0.417. The molecule has 0 fully saturated rings. The Hall–Kier alpha value is -0.870. The van der Waals surface area contributed by atoms with Gasteiger partial charge in [-0.2, -0.15) is 0 Å². The second kappa shape index (κ2) is 6.01. The molecule has 0 aliphatic rings. The summed E-state index contributed by atoms with van der Waals surface area (Å²) in [6.07, 6.45) is -0.501. The highest BCUT2D eigenvalue weighted by Gasteiger charge is 2.11. The van der Waals surface area contributed by atoms with E-state index in [9.17, 15) is 9.90 Å². The number of aliphatic hydroxyl groups is 1. The molecule has 0 aliphatic carbocycles. The van der Waals surface area contributed by atoms with Gasteiger partial charge in [-0.25, -0.2) is 0 Å². The first-order chi connectivity index (χ1) is 7.50. The van der Waals surface area contributed by atoms with Crippen LogP contribution in [0.1, 0.15) is 24.2 Å². The number of hydrogen-bond acceptors (Lipinski definition) is 2. The predicted molar refractivity (Wildman–Crippen MR) is 67.3 cm³/mol. The van der Waals surface area contributed by atoms with Crippen LogP contribution in [-0.4, -0.2) is 23.7 Å². The van der Waals surface area contributed by atoms with E-state index in [-0.39, 0.29) is 18.4 Å². The highest BCUT2D eigenvalue weighted by molar-refractivity contribution is 9.10. The molecular formula is C12H16BrNO2. The van der Waals surface area contributed by atoms with E-state index in [1.165, 1.54) is 0 Å². The molecule has 0 saturated carbocycles. The highest BCUT2D eigenvalue weighted by atomic mass is 79.9. The van der Waals surface area contributed by atoms with Gasteiger partial charge in [0.15, 0.2) is 0 Å². The van der Waals surface area contributed by atoms with Crippen molar-refractivity contribution < 1.29 is 9.90 Å². The summed E-state index contributed by atoms with van der Waals surface area (Å²) in [6.45, 7) is 4.11. The third kappa shape index (κ3) is 3.94. The van der Waals surface area contributed by atoms with E-state index < -0.39 is 6.10 Å². The van der Waals surface area contributed by atoms with Crippen LogP contribution in [-0.2, 0) is 0 Å². The van der Waals surface area contributed by atoms with Gasteiger partial charge in [-0.05, 0) is 30.2 Å². The number of hydrogen-bond donors (Lipinski definition) is 2. The van der Waals surface area contributed by atoms with E-state index in [0.717, 1.165) is 4.47 Å². The minimum Gasteiger partial charge on any atom is -0.391 e. The fourth-order valence-electron chi connectivity index (χ4n) is 1.14. The normalized spacial score (nSPS) is 12.6. The number of carbonyl (C=O) groups is 1. The van der Waals surface area contributed by atoms with Gasteiger partial charge in [0, 0.05) is 16.6 Å². The number of aliphatic hydroxyl groups excluding tert-OH is 1. The summed E-state index contributed by atoms with van der Waals surface area (Å²) in [5.74, 6) is -0.0163. The summed E-state index contributed by atoms with van der Waals surface area (Å²) in [6, 6.07) is 7.10. The molecule has 1 rings (SSSR count). The maximum absolute atomic E-state index is 11.6. The molecule has 16 heavy (non-hydrogen) atoms. The molecule has 1 atom stereocenters. The van der Waals surface area contributed by atoms with Crippen LogP contribution in [0, 0.1) is 5.92 Å². The standard InChI is InChI=1S/C12H16BrNO2/c1-8(2)11(15)7-14-12(16)9-3-5-10(13)6-4-9/h3-6,8,11,15H,7H2,1-2H3,(H,14,16). The van der Waals surface area contributed by atoms with E-state index >= 15 is 0 Å². The first-order valence-corrected chi connectivity index (χ1v) is 6.02. The summed E-state index contributed by atoms with van der Waals surface area (Å²) >= 11 is 3.30. The van der Waals surface area contributed by atoms with Gasteiger partial charge >= 0.3 is 0 Å². The van der Waals surface area contributed by atoms with Crippen LogP contribution in [0.3, 0.4) is 0 Å². The third-order valence-corrected chi connectivity index (χ3v) is 2.88. The van der Waals surface area contributed by atoms with Crippen molar-refractivity contribution in [1.82, 2.24) is 5.32 Å². The number of benzene rings is 1. The van der Waals surface area contributed by atoms with Gasteiger partial charge in [0.2, 0.25) is 0 Å². The molecule has 1 aromatic carbocycles. The molecule has 88 valence electrons. The van der Waals surface area contributed by atoms with Crippen molar-refractivity contribution in [3.05, 3.63) is 34.3 Å². The molecule has 0 radical (unpaired) electrons. The number of halogens is 1. The second-order valence-corrected chi connectivity index (χ2v) is 4.94. The van der Waals surface area contributed by atoms with Crippen LogP contribution < -0.4 is 5.32 Å². The second-order valence-electron chi connectivity index (χ2n) is 4.03. The summed E-state index contributed by atoms with van der Waals surface area (Å²) in [5, 5.41) is 12.2. The van der Waals surface area contributed by atoms with Gasteiger partial charge in [-0.15, -0.1) is 0 Å². The lowest BCUT2D eigenvalue weighted by Gasteiger charge is -2.14. The number of rotatable bonds is 4. The molecule has 0 heterocycles. The van der Waals surface area contributed by atoms with Crippen LogP contribution in [0.15, 0.2) is 28.7 Å². The van der Waals surface area contributed by atoms with E-state index in [4.69, 9.17) is 0 Å². The molecule has 4 heteroatoms. The average molecular weight is 286 g/mol. The van der Waals surface area contributed by atoms with Crippen molar-refractivity contribution >= 4 is 21.8 Å². The molecule has 1 unspecified atom stereocenters. The van der Waals surface area contributed by atoms with Crippen molar-refractivity contribution in [2.45, 2.75) is 20.0 Å². The van der Waals surface area contributed by atoms with Crippen LogP contribution >= 0.6 is 15.9 Å². The topological polar surface area (TPSA) is 49.3 Å². The smallest absolute Gasteiger partial charge is 0.251 e. The Kier molecular flexibility index (Phi) is 4.96. The molecule has 1 aromatic rings. The third-order valence-electron chi connectivity index (χ3n) is 2.35. The zero-order valence-corrected chi connectivity index (χ0v) is 11.0. The lowest BCUT2D eigenvalue weighted by molar-refractivity contribution is 0.0871. The minimum absolute atomic E-state index is 0.144.